The van der Waals surface area contributed by atoms with Crippen molar-refractivity contribution in [2.24, 2.45) is 0 Å². The van der Waals surface area contributed by atoms with Gasteiger partial charge in [0.25, 0.3) is 0 Å². The normalized spacial score (nSPS) is 18.1. The molecule has 0 saturated carbocycles. The molecule has 2 N–H and O–H groups in total. The van der Waals surface area contributed by atoms with Gasteiger partial charge in [-0.3, -0.25) is 0 Å². The maximum absolute atomic E-state index is 9.96. The summed E-state index contributed by atoms with van der Waals surface area (Å²) in [5.74, 6) is 0.441. The molecule has 1 aromatic carbocycles. The average molecular weight is 248 g/mol. The third-order valence-corrected chi connectivity index (χ3v) is 3.94. The number of phenolic OH excluding ortho intramolecular Hbond substituents is 1. The van der Waals surface area contributed by atoms with Crippen molar-refractivity contribution in [3.05, 3.63) is 29.3 Å². The van der Waals surface area contributed by atoms with E-state index in [4.69, 9.17) is 0 Å². The quantitative estimate of drug-likeness (QED) is 0.858. The summed E-state index contributed by atoms with van der Waals surface area (Å²) in [7, 11) is 0. The second-order valence-corrected chi connectivity index (χ2v) is 5.17. The van der Waals surface area contributed by atoms with Gasteiger partial charge in [0, 0.05) is 18.2 Å². The topological polar surface area (TPSA) is 35.5 Å². The van der Waals surface area contributed by atoms with E-state index in [2.05, 4.69) is 17.1 Å². The molecule has 0 aliphatic carbocycles. The number of aromatic hydroxyl groups is 1. The first-order valence-electron chi connectivity index (χ1n) is 6.94. The Kier molecular flexibility index (Phi) is 4.61. The molecule has 0 unspecified atom stereocenters. The minimum Gasteiger partial charge on any atom is -0.507 e. The predicted molar refractivity (Wildman–Crippen MR) is 74.8 cm³/mol. The van der Waals surface area contributed by atoms with Crippen molar-refractivity contribution in [3.8, 4) is 5.75 Å². The Bertz CT molecular complexity index is 384. The number of nitrogens with one attached hydrogen (secondary N) is 1. The van der Waals surface area contributed by atoms with Crippen LogP contribution in [0.2, 0.25) is 0 Å². The van der Waals surface area contributed by atoms with Gasteiger partial charge in [0.05, 0.1) is 0 Å². The van der Waals surface area contributed by atoms with Gasteiger partial charge in [0.15, 0.2) is 0 Å². The Hall–Kier alpha value is -1.06. The third-order valence-electron chi connectivity index (χ3n) is 3.94. The second-order valence-electron chi connectivity index (χ2n) is 5.17. The van der Waals surface area contributed by atoms with Crippen molar-refractivity contribution < 1.29 is 5.11 Å². The van der Waals surface area contributed by atoms with Crippen LogP contribution < -0.4 is 5.32 Å². The molecule has 1 aliphatic heterocycles. The molecule has 2 rings (SSSR count). The number of hydrogen-bond acceptors (Lipinski definition) is 3. The van der Waals surface area contributed by atoms with Crippen LogP contribution in [-0.4, -0.2) is 35.7 Å². The van der Waals surface area contributed by atoms with Crippen LogP contribution in [0.1, 0.15) is 30.9 Å². The summed E-state index contributed by atoms with van der Waals surface area (Å²) in [6.07, 6.45) is 2.42. The van der Waals surface area contributed by atoms with Gasteiger partial charge in [-0.15, -0.1) is 0 Å². The lowest BCUT2D eigenvalue weighted by Crippen LogP contribution is -2.42. The molecule has 100 valence electrons. The summed E-state index contributed by atoms with van der Waals surface area (Å²) in [6.45, 7) is 8.47. The van der Waals surface area contributed by atoms with Gasteiger partial charge in [-0.25, -0.2) is 0 Å². The van der Waals surface area contributed by atoms with Crippen molar-refractivity contribution in [3.63, 3.8) is 0 Å². The fourth-order valence-corrected chi connectivity index (χ4v) is 2.57. The third kappa shape index (κ3) is 3.24. The molecule has 0 bridgehead atoms. The van der Waals surface area contributed by atoms with Crippen molar-refractivity contribution >= 4 is 0 Å². The average Bonchev–Trinajstić information content (AvgIpc) is 2.41. The minimum atomic E-state index is 0.441. The number of rotatable bonds is 4. The lowest BCUT2D eigenvalue weighted by atomic mass is 10.0. The minimum absolute atomic E-state index is 0.441. The second kappa shape index (κ2) is 6.21. The highest BCUT2D eigenvalue weighted by Gasteiger charge is 2.17. The Morgan fingerprint density at radius 2 is 2.06 bits per heavy atom. The molecule has 0 spiro atoms. The number of benzene rings is 1. The van der Waals surface area contributed by atoms with Crippen molar-refractivity contribution in [2.45, 2.75) is 39.3 Å². The molecule has 1 heterocycles. The molecular formula is C15H24N2O. The predicted octanol–water partition coefficient (Wildman–Crippen LogP) is 2.27. The lowest BCUT2D eigenvalue weighted by molar-refractivity contribution is 0.205. The van der Waals surface area contributed by atoms with E-state index in [1.807, 2.05) is 25.1 Å². The first kappa shape index (κ1) is 13.4. The molecule has 1 saturated heterocycles. The van der Waals surface area contributed by atoms with Crippen LogP contribution in [0.4, 0.5) is 0 Å². The number of nitrogens with zero attached hydrogens (tertiary/aromatic N) is 1. The largest absolute Gasteiger partial charge is 0.507 e. The summed E-state index contributed by atoms with van der Waals surface area (Å²) in [4.78, 5) is 2.49. The fraction of sp³-hybridized carbons (Fsp3) is 0.600. The Labute approximate surface area is 110 Å². The fourth-order valence-electron chi connectivity index (χ4n) is 2.57. The van der Waals surface area contributed by atoms with Gasteiger partial charge in [-0.1, -0.05) is 25.1 Å². The first-order valence-corrected chi connectivity index (χ1v) is 6.94. The molecule has 1 aliphatic rings. The van der Waals surface area contributed by atoms with Crippen molar-refractivity contribution in [1.82, 2.24) is 10.2 Å². The molecule has 0 radical (unpaired) electrons. The van der Waals surface area contributed by atoms with Crippen molar-refractivity contribution in [1.29, 1.82) is 0 Å². The van der Waals surface area contributed by atoms with Crippen LogP contribution in [0.5, 0.6) is 5.75 Å². The van der Waals surface area contributed by atoms with Crippen LogP contribution in [0.15, 0.2) is 18.2 Å². The molecule has 1 fully saturated rings. The Morgan fingerprint density at radius 1 is 1.33 bits per heavy atom. The number of likely N-dealkylation sites (tertiary alicyclic amines) is 1. The Morgan fingerprint density at radius 3 is 2.72 bits per heavy atom. The zero-order valence-electron chi connectivity index (χ0n) is 11.4. The molecule has 0 aromatic heterocycles. The standard InChI is InChI=1S/C15H24N2O/c1-3-17-9-7-14(8-10-17)16-11-13-6-4-5-12(2)15(13)18/h4-6,14,16,18H,3,7-11H2,1-2H3. The summed E-state index contributed by atoms with van der Waals surface area (Å²) in [6, 6.07) is 6.54. The highest BCUT2D eigenvalue weighted by molar-refractivity contribution is 5.39. The summed E-state index contributed by atoms with van der Waals surface area (Å²) >= 11 is 0. The van der Waals surface area contributed by atoms with Gasteiger partial charge in [0.1, 0.15) is 5.75 Å². The lowest BCUT2D eigenvalue weighted by Gasteiger charge is -2.31. The SMILES string of the molecule is CCN1CCC(NCc2cccc(C)c2O)CC1. The number of aryl methyl sites for hydroxylation is 1. The molecular weight excluding hydrogens is 224 g/mol. The van der Waals surface area contributed by atoms with E-state index >= 15 is 0 Å². The van der Waals surface area contributed by atoms with Gasteiger partial charge in [-0.2, -0.15) is 0 Å². The van der Waals surface area contributed by atoms with Crippen LogP contribution in [0.3, 0.4) is 0 Å². The summed E-state index contributed by atoms with van der Waals surface area (Å²) in [5.41, 5.74) is 1.96. The smallest absolute Gasteiger partial charge is 0.122 e. The molecule has 3 nitrogen and oxygen atoms in total. The van der Waals surface area contributed by atoms with E-state index < -0.39 is 0 Å². The van der Waals surface area contributed by atoms with Crippen LogP contribution in [-0.2, 0) is 6.54 Å². The van der Waals surface area contributed by atoms with Crippen LogP contribution in [0, 0.1) is 6.92 Å². The number of phenols is 1. The number of para-hydroxylation sites is 1. The van der Waals surface area contributed by atoms with Gasteiger partial charge >= 0.3 is 0 Å². The van der Waals surface area contributed by atoms with E-state index in [9.17, 15) is 5.11 Å². The van der Waals surface area contributed by atoms with E-state index in [-0.39, 0.29) is 0 Å². The van der Waals surface area contributed by atoms with Gasteiger partial charge < -0.3 is 15.3 Å². The Balaban J connectivity index is 1.83. The molecule has 3 heteroatoms. The van der Waals surface area contributed by atoms with E-state index in [0.717, 1.165) is 24.2 Å². The maximum Gasteiger partial charge on any atom is 0.122 e. The van der Waals surface area contributed by atoms with Crippen LogP contribution in [0.25, 0.3) is 0 Å². The number of hydrogen-bond donors (Lipinski definition) is 2. The van der Waals surface area contributed by atoms with E-state index in [1.54, 1.807) is 0 Å². The maximum atomic E-state index is 9.96. The molecule has 0 amide bonds. The van der Waals surface area contributed by atoms with E-state index in [1.165, 1.54) is 25.9 Å². The highest BCUT2D eigenvalue weighted by atomic mass is 16.3. The van der Waals surface area contributed by atoms with Gasteiger partial charge in [-0.05, 0) is 45.0 Å². The zero-order chi connectivity index (χ0) is 13.0. The zero-order valence-corrected chi connectivity index (χ0v) is 11.4. The highest BCUT2D eigenvalue weighted by Crippen LogP contribution is 2.21. The summed E-state index contributed by atoms with van der Waals surface area (Å²) in [5, 5.41) is 13.5. The molecule has 0 atom stereocenters. The van der Waals surface area contributed by atoms with Crippen LogP contribution >= 0.6 is 0 Å². The molecule has 1 aromatic rings. The first-order chi connectivity index (χ1) is 8.70. The monoisotopic (exact) mass is 248 g/mol. The summed E-state index contributed by atoms with van der Waals surface area (Å²) < 4.78 is 0. The van der Waals surface area contributed by atoms with Crippen molar-refractivity contribution in [2.75, 3.05) is 19.6 Å². The van der Waals surface area contributed by atoms with E-state index in [0.29, 0.717) is 11.8 Å². The van der Waals surface area contributed by atoms with Gasteiger partial charge in [0.2, 0.25) is 0 Å². The number of piperidine rings is 1. The molecule has 18 heavy (non-hydrogen) atoms.